The van der Waals surface area contributed by atoms with Crippen LogP contribution in [0.15, 0.2) is 35.6 Å². The third-order valence-electron chi connectivity index (χ3n) is 3.13. The summed E-state index contributed by atoms with van der Waals surface area (Å²) in [4.78, 5) is 4.37. The Bertz CT molecular complexity index is 738. The smallest absolute Gasteiger partial charge is 0.175 e. The first-order valence-electron chi connectivity index (χ1n) is 6.53. The van der Waals surface area contributed by atoms with E-state index >= 15 is 0 Å². The fourth-order valence-electron chi connectivity index (χ4n) is 1.99. The summed E-state index contributed by atoms with van der Waals surface area (Å²) < 4.78 is 25.2. The first-order chi connectivity index (χ1) is 9.79. The molecule has 0 radical (unpaired) electrons. The van der Waals surface area contributed by atoms with Crippen molar-refractivity contribution in [3.8, 4) is 0 Å². The van der Waals surface area contributed by atoms with Gasteiger partial charge in [0.05, 0.1) is 34.2 Å². The normalized spacial score (nSPS) is 11.9. The second kappa shape index (κ2) is 6.07. The Morgan fingerprint density at radius 3 is 2.71 bits per heavy atom. The Balaban J connectivity index is 2.22. The van der Waals surface area contributed by atoms with E-state index in [9.17, 15) is 8.42 Å². The number of halogens is 1. The summed E-state index contributed by atoms with van der Waals surface area (Å²) in [6, 6.07) is 4.94. The van der Waals surface area contributed by atoms with Crippen molar-refractivity contribution in [1.82, 2.24) is 9.55 Å². The van der Waals surface area contributed by atoms with Crippen molar-refractivity contribution in [3.05, 3.63) is 41.4 Å². The lowest BCUT2D eigenvalue weighted by molar-refractivity contribution is 0.577. The zero-order chi connectivity index (χ0) is 15.6. The van der Waals surface area contributed by atoms with Gasteiger partial charge in [0.15, 0.2) is 9.84 Å². The maximum Gasteiger partial charge on any atom is 0.175 e. The van der Waals surface area contributed by atoms with Crippen molar-refractivity contribution in [3.63, 3.8) is 0 Å². The first-order valence-corrected chi connectivity index (χ1v) is 8.80. The number of imidazole rings is 1. The molecule has 1 heterocycles. The zero-order valence-electron chi connectivity index (χ0n) is 12.2. The summed E-state index contributed by atoms with van der Waals surface area (Å²) in [6.45, 7) is 4.66. The van der Waals surface area contributed by atoms with Crippen LogP contribution >= 0.6 is 11.6 Å². The van der Waals surface area contributed by atoms with E-state index in [-0.39, 0.29) is 4.90 Å². The van der Waals surface area contributed by atoms with Crippen molar-refractivity contribution >= 4 is 27.1 Å². The number of aromatic nitrogens is 2. The van der Waals surface area contributed by atoms with Crippen LogP contribution in [0.3, 0.4) is 0 Å². The molecule has 1 N–H and O–H groups in total. The summed E-state index contributed by atoms with van der Waals surface area (Å²) in [7, 11) is -3.25. The highest BCUT2D eigenvalue weighted by Gasteiger charge is 2.11. The molecule has 0 aliphatic rings. The van der Waals surface area contributed by atoms with Gasteiger partial charge in [0.1, 0.15) is 0 Å². The van der Waals surface area contributed by atoms with E-state index in [2.05, 4.69) is 24.1 Å². The average molecular weight is 328 g/mol. The molecular formula is C14H18ClN3O2S. The molecule has 0 saturated heterocycles. The Kier molecular flexibility index (Phi) is 4.58. The molecule has 114 valence electrons. The van der Waals surface area contributed by atoms with Crippen LogP contribution in [-0.2, 0) is 16.4 Å². The molecule has 0 saturated carbocycles. The molecule has 2 aromatic rings. The SMILES string of the molecule is CC(C)n1cncc1CNc1cc(S(C)(=O)=O)ccc1Cl. The molecule has 0 atom stereocenters. The molecule has 0 bridgehead atoms. The van der Waals surface area contributed by atoms with Gasteiger partial charge in [-0.25, -0.2) is 13.4 Å². The Labute approximate surface area is 129 Å². The Hall–Kier alpha value is -1.53. The second-order valence-electron chi connectivity index (χ2n) is 5.15. The lowest BCUT2D eigenvalue weighted by Gasteiger charge is -2.14. The molecular weight excluding hydrogens is 310 g/mol. The third kappa shape index (κ3) is 3.77. The Morgan fingerprint density at radius 2 is 2.10 bits per heavy atom. The molecule has 1 aromatic heterocycles. The number of benzene rings is 1. The van der Waals surface area contributed by atoms with Crippen molar-refractivity contribution in [2.45, 2.75) is 31.3 Å². The lowest BCUT2D eigenvalue weighted by Crippen LogP contribution is -2.09. The van der Waals surface area contributed by atoms with Crippen molar-refractivity contribution in [2.75, 3.05) is 11.6 Å². The summed E-state index contributed by atoms with van der Waals surface area (Å²) in [5.41, 5.74) is 1.60. The van der Waals surface area contributed by atoms with E-state index in [1.807, 2.05) is 4.57 Å². The van der Waals surface area contributed by atoms with Crippen LogP contribution in [0.25, 0.3) is 0 Å². The van der Waals surface area contributed by atoms with E-state index < -0.39 is 9.84 Å². The molecule has 0 aliphatic heterocycles. The van der Waals surface area contributed by atoms with Gasteiger partial charge in [-0.2, -0.15) is 0 Å². The maximum absolute atomic E-state index is 11.6. The quantitative estimate of drug-likeness (QED) is 0.916. The van der Waals surface area contributed by atoms with Crippen LogP contribution in [0.2, 0.25) is 5.02 Å². The molecule has 1 aromatic carbocycles. The monoisotopic (exact) mass is 327 g/mol. The minimum absolute atomic E-state index is 0.242. The lowest BCUT2D eigenvalue weighted by atomic mass is 10.3. The number of sulfone groups is 1. The van der Waals surface area contributed by atoms with Crippen LogP contribution in [0.1, 0.15) is 25.6 Å². The van der Waals surface area contributed by atoms with Gasteiger partial charge in [-0.05, 0) is 32.0 Å². The number of hydrogen-bond donors (Lipinski definition) is 1. The van der Waals surface area contributed by atoms with Crippen LogP contribution in [0.4, 0.5) is 5.69 Å². The Morgan fingerprint density at radius 1 is 1.38 bits per heavy atom. The van der Waals surface area contributed by atoms with Crippen LogP contribution < -0.4 is 5.32 Å². The van der Waals surface area contributed by atoms with Gasteiger partial charge in [0.2, 0.25) is 0 Å². The van der Waals surface area contributed by atoms with Gasteiger partial charge in [0.25, 0.3) is 0 Å². The topological polar surface area (TPSA) is 64.0 Å². The highest BCUT2D eigenvalue weighted by Crippen LogP contribution is 2.26. The number of nitrogens with one attached hydrogen (secondary N) is 1. The molecule has 0 aliphatic carbocycles. The molecule has 7 heteroatoms. The summed E-state index contributed by atoms with van der Waals surface area (Å²) in [6.07, 6.45) is 4.73. The molecule has 0 unspecified atom stereocenters. The molecule has 2 rings (SSSR count). The number of rotatable bonds is 5. The van der Waals surface area contributed by atoms with Crippen molar-refractivity contribution in [1.29, 1.82) is 0 Å². The highest BCUT2D eigenvalue weighted by molar-refractivity contribution is 7.90. The largest absolute Gasteiger partial charge is 0.378 e. The minimum Gasteiger partial charge on any atom is -0.378 e. The number of hydrogen-bond acceptors (Lipinski definition) is 4. The van der Waals surface area contributed by atoms with E-state index in [1.54, 1.807) is 24.7 Å². The van der Waals surface area contributed by atoms with E-state index in [4.69, 9.17) is 11.6 Å². The molecule has 0 spiro atoms. The van der Waals surface area contributed by atoms with Crippen molar-refractivity contribution < 1.29 is 8.42 Å². The van der Waals surface area contributed by atoms with Gasteiger partial charge in [0, 0.05) is 18.5 Å². The van der Waals surface area contributed by atoms with E-state index in [0.29, 0.717) is 23.3 Å². The van der Waals surface area contributed by atoms with Gasteiger partial charge in [-0.1, -0.05) is 11.6 Å². The predicted molar refractivity (Wildman–Crippen MR) is 84.5 cm³/mol. The van der Waals surface area contributed by atoms with Gasteiger partial charge in [-0.3, -0.25) is 0 Å². The summed E-state index contributed by atoms with van der Waals surface area (Å²) in [5, 5.41) is 3.65. The molecule has 5 nitrogen and oxygen atoms in total. The fourth-order valence-corrected chi connectivity index (χ4v) is 2.82. The van der Waals surface area contributed by atoms with Gasteiger partial charge in [-0.15, -0.1) is 0 Å². The van der Waals surface area contributed by atoms with Crippen molar-refractivity contribution in [2.24, 2.45) is 0 Å². The molecule has 0 amide bonds. The van der Waals surface area contributed by atoms with Crippen LogP contribution in [-0.4, -0.2) is 24.2 Å². The molecule has 0 fully saturated rings. The predicted octanol–water partition coefficient (Wildman–Crippen LogP) is 3.13. The van der Waals surface area contributed by atoms with E-state index in [1.165, 1.54) is 12.3 Å². The van der Waals surface area contributed by atoms with Crippen LogP contribution in [0.5, 0.6) is 0 Å². The number of nitrogens with zero attached hydrogens (tertiary/aromatic N) is 2. The van der Waals surface area contributed by atoms with Gasteiger partial charge >= 0.3 is 0 Å². The zero-order valence-corrected chi connectivity index (χ0v) is 13.7. The summed E-state index contributed by atoms with van der Waals surface area (Å²) >= 11 is 6.11. The highest BCUT2D eigenvalue weighted by atomic mass is 35.5. The second-order valence-corrected chi connectivity index (χ2v) is 7.58. The summed E-state index contributed by atoms with van der Waals surface area (Å²) in [5.74, 6) is 0. The standard InChI is InChI=1S/C14H18ClN3O2S/c1-10(2)18-9-16-7-11(18)8-17-14-6-12(21(3,19)20)4-5-13(14)15/h4-7,9-10,17H,8H2,1-3H3. The van der Waals surface area contributed by atoms with Gasteiger partial charge < -0.3 is 9.88 Å². The fraction of sp³-hybridized carbons (Fsp3) is 0.357. The number of anilines is 1. The average Bonchev–Trinajstić information content (AvgIpc) is 2.85. The first kappa shape index (κ1) is 15.9. The maximum atomic E-state index is 11.6. The van der Waals surface area contributed by atoms with E-state index in [0.717, 1.165) is 5.69 Å². The molecule has 21 heavy (non-hydrogen) atoms. The third-order valence-corrected chi connectivity index (χ3v) is 4.57. The minimum atomic E-state index is -3.25. The van der Waals surface area contributed by atoms with Crippen LogP contribution in [0, 0.1) is 0 Å².